The predicted molar refractivity (Wildman–Crippen MR) is 92.0 cm³/mol. The lowest BCUT2D eigenvalue weighted by molar-refractivity contribution is -0.00533. The van der Waals surface area contributed by atoms with Gasteiger partial charge in [0.25, 0.3) is 0 Å². The molecule has 0 unspecified atom stereocenters. The van der Waals surface area contributed by atoms with E-state index in [0.29, 0.717) is 79.3 Å². The first-order valence-corrected chi connectivity index (χ1v) is 8.80. The van der Waals surface area contributed by atoms with Gasteiger partial charge in [-0.3, -0.25) is 0 Å². The van der Waals surface area contributed by atoms with E-state index in [1.165, 1.54) is 0 Å². The second-order valence-electron chi connectivity index (χ2n) is 4.87. The first-order valence-electron chi connectivity index (χ1n) is 8.80. The molecule has 0 aliphatic heterocycles. The number of ether oxygens (including phenoxy) is 6. The summed E-state index contributed by atoms with van der Waals surface area (Å²) in [7, 11) is 0. The summed E-state index contributed by atoms with van der Waals surface area (Å²) >= 11 is 0. The van der Waals surface area contributed by atoms with Crippen molar-refractivity contribution in [1.29, 1.82) is 0 Å². The van der Waals surface area contributed by atoms with Crippen molar-refractivity contribution in [1.82, 2.24) is 5.32 Å². The second-order valence-corrected chi connectivity index (χ2v) is 4.87. The van der Waals surface area contributed by atoms with Crippen LogP contribution in [0.2, 0.25) is 0 Å². The summed E-state index contributed by atoms with van der Waals surface area (Å²) in [6, 6.07) is 0. The Labute approximate surface area is 150 Å². The van der Waals surface area contributed by atoms with Crippen LogP contribution in [0.3, 0.4) is 0 Å². The van der Waals surface area contributed by atoms with Crippen LogP contribution in [0.15, 0.2) is 0 Å². The van der Waals surface area contributed by atoms with Gasteiger partial charge in [-0.1, -0.05) is 0 Å². The van der Waals surface area contributed by atoms with Crippen LogP contribution in [0.25, 0.3) is 0 Å². The van der Waals surface area contributed by atoms with Crippen molar-refractivity contribution in [2.24, 2.45) is 0 Å². The quantitative estimate of drug-likeness (QED) is 0.200. The Balaban J connectivity index is 2.94. The largest absolute Gasteiger partial charge is 0.394 e. The molecule has 0 bridgehead atoms. The molecule has 0 fully saturated rings. The minimum absolute atomic E-state index is 0.0357. The molecule has 0 saturated carbocycles. The Kier molecular flexibility index (Phi) is 23.3. The van der Waals surface area contributed by atoms with E-state index in [-0.39, 0.29) is 13.2 Å². The molecule has 0 aliphatic rings. The Morgan fingerprint density at radius 3 is 1.00 bits per heavy atom. The lowest BCUT2D eigenvalue weighted by Gasteiger charge is -2.08. The summed E-state index contributed by atoms with van der Waals surface area (Å²) < 4.78 is 31.5. The second kappa shape index (κ2) is 23.6. The molecular weight excluding hydrogens is 334 g/mol. The van der Waals surface area contributed by atoms with Crippen LogP contribution in [-0.2, 0) is 28.4 Å². The molecule has 0 atom stereocenters. The summed E-state index contributed by atoms with van der Waals surface area (Å²) in [4.78, 5) is 0. The molecule has 0 aliphatic carbocycles. The predicted octanol–water partition coefficient (Wildman–Crippen LogP) is -1.34. The van der Waals surface area contributed by atoms with Crippen molar-refractivity contribution in [3.8, 4) is 0 Å². The summed E-state index contributed by atoms with van der Waals surface area (Å²) in [5.74, 6) is 0. The highest BCUT2D eigenvalue weighted by atomic mass is 16.6. The maximum absolute atomic E-state index is 8.51. The van der Waals surface area contributed by atoms with Crippen LogP contribution >= 0.6 is 0 Å². The zero-order valence-corrected chi connectivity index (χ0v) is 15.2. The number of aliphatic hydroxyl groups is 2. The van der Waals surface area contributed by atoms with Crippen LogP contribution in [0.1, 0.15) is 0 Å². The van der Waals surface area contributed by atoms with Gasteiger partial charge in [-0.05, 0) is 0 Å². The molecule has 9 nitrogen and oxygen atoms in total. The monoisotopic (exact) mass is 369 g/mol. The lowest BCUT2D eigenvalue weighted by Crippen LogP contribution is -2.25. The van der Waals surface area contributed by atoms with Crippen LogP contribution in [0.5, 0.6) is 0 Å². The summed E-state index contributed by atoms with van der Waals surface area (Å²) in [6.45, 7) is 7.74. The number of rotatable bonds is 22. The highest BCUT2D eigenvalue weighted by Gasteiger charge is 1.93. The molecule has 152 valence electrons. The van der Waals surface area contributed by atoms with Gasteiger partial charge in [-0.25, -0.2) is 0 Å². The molecular formula is C16H35NO8. The van der Waals surface area contributed by atoms with Crippen molar-refractivity contribution in [2.45, 2.75) is 0 Å². The molecule has 0 amide bonds. The smallest absolute Gasteiger partial charge is 0.0701 e. The fourth-order valence-electron chi connectivity index (χ4n) is 1.63. The minimum Gasteiger partial charge on any atom is -0.394 e. The zero-order valence-electron chi connectivity index (χ0n) is 15.2. The van der Waals surface area contributed by atoms with Gasteiger partial charge in [-0.15, -0.1) is 0 Å². The van der Waals surface area contributed by atoms with Crippen LogP contribution in [0.4, 0.5) is 0 Å². The zero-order chi connectivity index (χ0) is 18.3. The van der Waals surface area contributed by atoms with E-state index in [4.69, 9.17) is 38.6 Å². The Hall–Kier alpha value is -0.360. The normalized spacial score (nSPS) is 11.3. The van der Waals surface area contributed by atoms with Gasteiger partial charge in [0, 0.05) is 13.1 Å². The van der Waals surface area contributed by atoms with Gasteiger partial charge in [-0.2, -0.15) is 0 Å². The van der Waals surface area contributed by atoms with Crippen molar-refractivity contribution < 1.29 is 38.6 Å². The van der Waals surface area contributed by atoms with Gasteiger partial charge >= 0.3 is 0 Å². The first-order chi connectivity index (χ1) is 12.4. The van der Waals surface area contributed by atoms with Crippen LogP contribution < -0.4 is 5.32 Å². The van der Waals surface area contributed by atoms with Gasteiger partial charge in [0.15, 0.2) is 0 Å². The summed E-state index contributed by atoms with van der Waals surface area (Å²) in [5, 5.41) is 20.2. The molecule has 0 spiro atoms. The van der Waals surface area contributed by atoms with Crippen molar-refractivity contribution in [2.75, 3.05) is 106 Å². The maximum atomic E-state index is 8.51. The third-order valence-corrected chi connectivity index (χ3v) is 2.81. The van der Waals surface area contributed by atoms with E-state index in [2.05, 4.69) is 5.32 Å². The number of hydrogen-bond donors (Lipinski definition) is 3. The van der Waals surface area contributed by atoms with E-state index in [0.717, 1.165) is 13.1 Å². The standard InChI is InChI=1S/C16H35NO8/c18-3-7-22-11-9-20-5-1-17-2-6-21-10-13-24-15-16-25-14-12-23-8-4-19/h17-19H,1-16H2. The van der Waals surface area contributed by atoms with Crippen molar-refractivity contribution >= 4 is 0 Å². The topological polar surface area (TPSA) is 108 Å². The van der Waals surface area contributed by atoms with Gasteiger partial charge in [0.05, 0.1) is 92.5 Å². The fourth-order valence-corrected chi connectivity index (χ4v) is 1.63. The SMILES string of the molecule is OCCOCCOCCNCCOCCOCCOCCOCCO. The minimum atomic E-state index is 0.0357. The number of nitrogens with one attached hydrogen (secondary N) is 1. The van der Waals surface area contributed by atoms with E-state index in [1.54, 1.807) is 0 Å². The molecule has 0 aromatic heterocycles. The molecule has 0 heterocycles. The number of hydrogen-bond acceptors (Lipinski definition) is 9. The average Bonchev–Trinajstić information content (AvgIpc) is 2.63. The summed E-state index contributed by atoms with van der Waals surface area (Å²) in [6.07, 6.45) is 0. The molecule has 0 aromatic carbocycles. The fraction of sp³-hybridized carbons (Fsp3) is 1.00. The van der Waals surface area contributed by atoms with Crippen LogP contribution in [0, 0.1) is 0 Å². The number of aliphatic hydroxyl groups excluding tert-OH is 2. The van der Waals surface area contributed by atoms with Gasteiger partial charge < -0.3 is 44.0 Å². The average molecular weight is 369 g/mol. The van der Waals surface area contributed by atoms with E-state index in [1.807, 2.05) is 0 Å². The molecule has 25 heavy (non-hydrogen) atoms. The molecule has 0 radical (unpaired) electrons. The maximum Gasteiger partial charge on any atom is 0.0701 e. The van der Waals surface area contributed by atoms with E-state index < -0.39 is 0 Å². The van der Waals surface area contributed by atoms with E-state index >= 15 is 0 Å². The Bertz CT molecular complexity index is 214. The van der Waals surface area contributed by atoms with Gasteiger partial charge in [0.1, 0.15) is 0 Å². The summed E-state index contributed by atoms with van der Waals surface area (Å²) in [5.41, 5.74) is 0. The molecule has 0 aromatic rings. The lowest BCUT2D eigenvalue weighted by atomic mass is 10.6. The Morgan fingerprint density at radius 2 is 0.680 bits per heavy atom. The third kappa shape index (κ3) is 23.6. The van der Waals surface area contributed by atoms with Crippen molar-refractivity contribution in [3.63, 3.8) is 0 Å². The van der Waals surface area contributed by atoms with Crippen molar-refractivity contribution in [3.05, 3.63) is 0 Å². The van der Waals surface area contributed by atoms with Crippen LogP contribution in [-0.4, -0.2) is 116 Å². The molecule has 3 N–H and O–H groups in total. The third-order valence-electron chi connectivity index (χ3n) is 2.81. The highest BCUT2D eigenvalue weighted by Crippen LogP contribution is 1.83. The molecule has 9 heteroatoms. The molecule has 0 rings (SSSR count). The first kappa shape index (κ1) is 24.6. The molecule has 0 saturated heterocycles. The highest BCUT2D eigenvalue weighted by molar-refractivity contribution is 4.45. The Morgan fingerprint density at radius 1 is 0.400 bits per heavy atom. The van der Waals surface area contributed by atoms with E-state index in [9.17, 15) is 0 Å². The van der Waals surface area contributed by atoms with Gasteiger partial charge in [0.2, 0.25) is 0 Å².